The van der Waals surface area contributed by atoms with Crippen LogP contribution in [-0.4, -0.2) is 27.8 Å². The number of rotatable bonds is 4. The van der Waals surface area contributed by atoms with Crippen LogP contribution < -0.4 is 11.0 Å². The summed E-state index contributed by atoms with van der Waals surface area (Å²) in [6, 6.07) is 5.12. The molecule has 0 saturated heterocycles. The summed E-state index contributed by atoms with van der Waals surface area (Å²) in [5.41, 5.74) is 2.38. The second-order valence-electron chi connectivity index (χ2n) is 4.72. The van der Waals surface area contributed by atoms with Crippen molar-refractivity contribution in [3.05, 3.63) is 28.7 Å². The van der Waals surface area contributed by atoms with Gasteiger partial charge < -0.3 is 10.1 Å². The molecule has 0 bridgehead atoms. The highest BCUT2D eigenvalue weighted by atomic mass is 16.5. The number of anilines is 1. The van der Waals surface area contributed by atoms with Gasteiger partial charge in [-0.05, 0) is 32.0 Å². The first-order valence-corrected chi connectivity index (χ1v) is 6.54. The number of ether oxygens (including phenoxy) is 1. The summed E-state index contributed by atoms with van der Waals surface area (Å²) >= 11 is 0. The number of hydrogen-bond acceptors (Lipinski definition) is 4. The predicted molar refractivity (Wildman–Crippen MR) is 77.9 cm³/mol. The summed E-state index contributed by atoms with van der Waals surface area (Å²) in [4.78, 5) is 23.4. The number of fused-ring (bicyclic) bond motifs is 1. The van der Waals surface area contributed by atoms with Crippen LogP contribution in [0.25, 0.3) is 11.0 Å². The van der Waals surface area contributed by atoms with E-state index >= 15 is 0 Å². The number of nitrogens with one attached hydrogen (secondary N) is 1. The van der Waals surface area contributed by atoms with Crippen LogP contribution in [0.5, 0.6) is 0 Å². The minimum atomic E-state index is -0.437. The van der Waals surface area contributed by atoms with E-state index in [1.807, 2.05) is 18.2 Å². The Kier molecular flexibility index (Phi) is 3.83. The van der Waals surface area contributed by atoms with Gasteiger partial charge >= 0.3 is 11.7 Å². The summed E-state index contributed by atoms with van der Waals surface area (Å²) in [6.45, 7) is 3.87. The Morgan fingerprint density at radius 3 is 2.60 bits per heavy atom. The minimum absolute atomic E-state index is 0.0735. The van der Waals surface area contributed by atoms with E-state index in [4.69, 9.17) is 4.74 Å². The summed E-state index contributed by atoms with van der Waals surface area (Å²) in [5, 5.41) is 3.08. The van der Waals surface area contributed by atoms with E-state index in [9.17, 15) is 9.59 Å². The quantitative estimate of drug-likeness (QED) is 0.854. The number of nitrogens with zero attached hydrogens (tertiary/aromatic N) is 2. The molecule has 0 fully saturated rings. The number of aryl methyl sites for hydroxylation is 2. The van der Waals surface area contributed by atoms with Crippen molar-refractivity contribution in [3.8, 4) is 0 Å². The lowest BCUT2D eigenvalue weighted by Crippen LogP contribution is -2.28. The van der Waals surface area contributed by atoms with Crippen molar-refractivity contribution in [2.75, 3.05) is 11.9 Å². The average Bonchev–Trinajstić information content (AvgIpc) is 2.64. The normalized spacial score (nSPS) is 12.4. The maximum Gasteiger partial charge on any atom is 0.328 e. The van der Waals surface area contributed by atoms with Crippen molar-refractivity contribution in [2.45, 2.75) is 19.9 Å². The molecule has 1 atom stereocenters. The van der Waals surface area contributed by atoms with E-state index in [1.165, 1.54) is 0 Å². The van der Waals surface area contributed by atoms with Crippen molar-refractivity contribution in [2.24, 2.45) is 14.1 Å². The van der Waals surface area contributed by atoms with Crippen molar-refractivity contribution < 1.29 is 9.53 Å². The van der Waals surface area contributed by atoms with E-state index in [1.54, 1.807) is 37.1 Å². The zero-order valence-electron chi connectivity index (χ0n) is 12.1. The van der Waals surface area contributed by atoms with Crippen molar-refractivity contribution >= 4 is 22.7 Å². The monoisotopic (exact) mass is 277 g/mol. The number of benzene rings is 1. The highest BCUT2D eigenvalue weighted by Gasteiger charge is 2.14. The topological polar surface area (TPSA) is 65.3 Å². The van der Waals surface area contributed by atoms with E-state index in [2.05, 4.69) is 5.32 Å². The molecule has 0 unspecified atom stereocenters. The zero-order valence-corrected chi connectivity index (χ0v) is 12.1. The van der Waals surface area contributed by atoms with Crippen LogP contribution in [0.15, 0.2) is 23.0 Å². The molecule has 0 amide bonds. The van der Waals surface area contributed by atoms with Crippen LogP contribution in [0, 0.1) is 0 Å². The first kappa shape index (κ1) is 14.2. The highest BCUT2D eigenvalue weighted by molar-refractivity contribution is 5.83. The Hall–Kier alpha value is -2.24. The second-order valence-corrected chi connectivity index (χ2v) is 4.72. The van der Waals surface area contributed by atoms with E-state index in [0.29, 0.717) is 6.61 Å². The van der Waals surface area contributed by atoms with Crippen molar-refractivity contribution in [1.82, 2.24) is 9.13 Å². The van der Waals surface area contributed by atoms with Gasteiger partial charge in [0, 0.05) is 19.8 Å². The molecular formula is C14H19N3O3. The van der Waals surface area contributed by atoms with Gasteiger partial charge in [0.15, 0.2) is 0 Å². The van der Waals surface area contributed by atoms with Gasteiger partial charge in [0.25, 0.3) is 0 Å². The highest BCUT2D eigenvalue weighted by Crippen LogP contribution is 2.18. The van der Waals surface area contributed by atoms with E-state index in [0.717, 1.165) is 16.7 Å². The zero-order chi connectivity index (χ0) is 14.9. The molecule has 20 heavy (non-hydrogen) atoms. The molecule has 2 rings (SSSR count). The maximum absolute atomic E-state index is 11.8. The predicted octanol–water partition coefficient (Wildman–Crippen LogP) is 1.24. The molecule has 6 heteroatoms. The summed E-state index contributed by atoms with van der Waals surface area (Å²) in [5.74, 6) is -0.297. The Bertz CT molecular complexity index is 699. The molecule has 0 aliphatic carbocycles. The molecule has 0 radical (unpaired) electrons. The molecular weight excluding hydrogens is 258 g/mol. The molecule has 0 saturated carbocycles. The molecule has 0 spiro atoms. The van der Waals surface area contributed by atoms with Gasteiger partial charge in [-0.2, -0.15) is 0 Å². The SMILES string of the molecule is CCOC(=O)[C@H](C)Nc1ccc2c(c1)n(C)c(=O)n2C. The van der Waals surface area contributed by atoms with Gasteiger partial charge in [0.1, 0.15) is 6.04 Å². The number of hydrogen-bond donors (Lipinski definition) is 1. The maximum atomic E-state index is 11.8. The lowest BCUT2D eigenvalue weighted by atomic mass is 10.2. The number of esters is 1. The Morgan fingerprint density at radius 2 is 1.95 bits per heavy atom. The van der Waals surface area contributed by atoms with Gasteiger partial charge in [-0.1, -0.05) is 0 Å². The lowest BCUT2D eigenvalue weighted by Gasteiger charge is -2.14. The number of carbonyl (C=O) groups is 1. The third-order valence-electron chi connectivity index (χ3n) is 3.30. The fourth-order valence-corrected chi connectivity index (χ4v) is 2.17. The summed E-state index contributed by atoms with van der Waals surface area (Å²) in [6.07, 6.45) is 0. The Morgan fingerprint density at radius 1 is 1.30 bits per heavy atom. The molecule has 1 heterocycles. The fourth-order valence-electron chi connectivity index (χ4n) is 2.17. The minimum Gasteiger partial charge on any atom is -0.464 e. The van der Waals surface area contributed by atoms with Crippen LogP contribution in [0.4, 0.5) is 5.69 Å². The molecule has 1 aromatic heterocycles. The van der Waals surface area contributed by atoms with Gasteiger partial charge in [0.2, 0.25) is 0 Å². The largest absolute Gasteiger partial charge is 0.464 e. The molecule has 6 nitrogen and oxygen atoms in total. The van der Waals surface area contributed by atoms with Gasteiger partial charge in [-0.15, -0.1) is 0 Å². The average molecular weight is 277 g/mol. The molecule has 0 aliphatic heterocycles. The molecule has 108 valence electrons. The van der Waals surface area contributed by atoms with E-state index in [-0.39, 0.29) is 11.7 Å². The summed E-state index contributed by atoms with van der Waals surface area (Å²) in [7, 11) is 3.46. The first-order valence-electron chi connectivity index (χ1n) is 6.54. The Balaban J connectivity index is 2.31. The number of imidazole rings is 1. The molecule has 1 aromatic carbocycles. The smallest absolute Gasteiger partial charge is 0.328 e. The second kappa shape index (κ2) is 5.40. The molecule has 0 aliphatic rings. The van der Waals surface area contributed by atoms with Gasteiger partial charge in [-0.25, -0.2) is 9.59 Å². The number of carbonyl (C=O) groups excluding carboxylic acids is 1. The van der Waals surface area contributed by atoms with Gasteiger partial charge in [-0.3, -0.25) is 9.13 Å². The standard InChI is InChI=1S/C14H19N3O3/c1-5-20-13(18)9(2)15-10-6-7-11-12(8-10)17(4)14(19)16(11)3/h6-9,15H,5H2,1-4H3/t9-/m0/s1. The van der Waals surface area contributed by atoms with Gasteiger partial charge in [0.05, 0.1) is 17.6 Å². The fraction of sp³-hybridized carbons (Fsp3) is 0.429. The summed E-state index contributed by atoms with van der Waals surface area (Å²) < 4.78 is 8.12. The van der Waals surface area contributed by atoms with E-state index < -0.39 is 6.04 Å². The molecule has 2 aromatic rings. The van der Waals surface area contributed by atoms with Crippen LogP contribution in [0.2, 0.25) is 0 Å². The third kappa shape index (κ3) is 2.41. The van der Waals surface area contributed by atoms with Crippen molar-refractivity contribution in [3.63, 3.8) is 0 Å². The molecule has 1 N–H and O–H groups in total. The number of aromatic nitrogens is 2. The lowest BCUT2D eigenvalue weighted by molar-refractivity contribution is -0.143. The van der Waals surface area contributed by atoms with Crippen LogP contribution >= 0.6 is 0 Å². The Labute approximate surface area is 117 Å². The van der Waals surface area contributed by atoms with Crippen molar-refractivity contribution in [1.29, 1.82) is 0 Å². The van der Waals surface area contributed by atoms with Crippen LogP contribution in [0.1, 0.15) is 13.8 Å². The van der Waals surface area contributed by atoms with Crippen LogP contribution in [-0.2, 0) is 23.6 Å². The van der Waals surface area contributed by atoms with Crippen LogP contribution in [0.3, 0.4) is 0 Å². The first-order chi connectivity index (χ1) is 9.45. The third-order valence-corrected chi connectivity index (χ3v) is 3.30.